The van der Waals surface area contributed by atoms with Crippen LogP contribution in [0.25, 0.3) is 10.9 Å². The molecule has 6 heteroatoms. The van der Waals surface area contributed by atoms with Gasteiger partial charge in [-0.2, -0.15) is 0 Å². The van der Waals surface area contributed by atoms with Crippen LogP contribution in [0.3, 0.4) is 0 Å². The van der Waals surface area contributed by atoms with Gasteiger partial charge in [0.2, 0.25) is 12.7 Å². The second-order valence-corrected chi connectivity index (χ2v) is 5.34. The van der Waals surface area contributed by atoms with Crippen molar-refractivity contribution in [3.63, 3.8) is 0 Å². The normalized spacial score (nSPS) is 12.8. The number of nitrogens with zero attached hydrogens (tertiary/aromatic N) is 1. The smallest absolute Gasteiger partial charge is 0.307 e. The van der Waals surface area contributed by atoms with Crippen molar-refractivity contribution in [2.24, 2.45) is 0 Å². The summed E-state index contributed by atoms with van der Waals surface area (Å²) in [6, 6.07) is 3.52. The van der Waals surface area contributed by atoms with E-state index in [0.717, 1.165) is 11.8 Å². The molecule has 0 spiro atoms. The summed E-state index contributed by atoms with van der Waals surface area (Å²) in [7, 11) is 0. The predicted molar refractivity (Wildman–Crippen MR) is 79.7 cm³/mol. The summed E-state index contributed by atoms with van der Waals surface area (Å²) in [5.41, 5.74) is 1.99. The highest BCUT2D eigenvalue weighted by Gasteiger charge is 2.24. The van der Waals surface area contributed by atoms with Crippen LogP contribution in [-0.2, 0) is 11.2 Å². The second-order valence-electron chi connectivity index (χ2n) is 5.34. The largest absolute Gasteiger partial charge is 0.481 e. The Labute approximate surface area is 127 Å². The Balaban J connectivity index is 2.26. The molecule has 22 heavy (non-hydrogen) atoms. The summed E-state index contributed by atoms with van der Waals surface area (Å²) in [5.74, 6) is 0.194. The standard InChI is InChI=1S/C16H17NO5/c1-3-4-15(18)17-9(2)10(6-16(19)20)11-5-13-14(7-12(11)17)22-8-21-13/h5,7H,3-4,6,8H2,1-2H3,(H,19,20). The number of carbonyl (C=O) groups excluding carboxylic acids is 1. The van der Waals surface area contributed by atoms with Crippen LogP contribution in [-0.4, -0.2) is 28.3 Å². The number of hydrogen-bond donors (Lipinski definition) is 1. The molecule has 6 nitrogen and oxygen atoms in total. The summed E-state index contributed by atoms with van der Waals surface area (Å²) in [6.07, 6.45) is 1.01. The van der Waals surface area contributed by atoms with Gasteiger partial charge in [-0.05, 0) is 25.0 Å². The summed E-state index contributed by atoms with van der Waals surface area (Å²) < 4.78 is 12.3. The van der Waals surface area contributed by atoms with Gasteiger partial charge in [0, 0.05) is 23.6 Å². The molecule has 1 aromatic carbocycles. The number of carbonyl (C=O) groups is 2. The molecule has 1 aromatic heterocycles. The Morgan fingerprint density at radius 2 is 1.95 bits per heavy atom. The molecule has 0 bridgehead atoms. The van der Waals surface area contributed by atoms with Gasteiger partial charge in [-0.15, -0.1) is 0 Å². The molecule has 0 aliphatic carbocycles. The molecule has 3 rings (SSSR count). The van der Waals surface area contributed by atoms with Crippen LogP contribution in [0.4, 0.5) is 0 Å². The molecule has 0 saturated carbocycles. The van der Waals surface area contributed by atoms with Crippen molar-refractivity contribution in [1.82, 2.24) is 4.57 Å². The number of aromatic nitrogens is 1. The molecule has 1 aliphatic heterocycles. The topological polar surface area (TPSA) is 77.8 Å². The minimum absolute atomic E-state index is 0.0412. The maximum absolute atomic E-state index is 12.4. The van der Waals surface area contributed by atoms with Crippen LogP contribution >= 0.6 is 0 Å². The van der Waals surface area contributed by atoms with Gasteiger partial charge in [-0.25, -0.2) is 0 Å². The minimum Gasteiger partial charge on any atom is -0.481 e. The molecule has 0 saturated heterocycles. The van der Waals surface area contributed by atoms with Gasteiger partial charge >= 0.3 is 5.97 Å². The Kier molecular flexibility index (Phi) is 3.52. The van der Waals surface area contributed by atoms with E-state index in [1.54, 1.807) is 23.6 Å². The van der Waals surface area contributed by atoms with Crippen molar-refractivity contribution in [2.45, 2.75) is 33.1 Å². The van der Waals surface area contributed by atoms with Crippen molar-refractivity contribution in [3.05, 3.63) is 23.4 Å². The fourth-order valence-electron chi connectivity index (χ4n) is 2.89. The van der Waals surface area contributed by atoms with Gasteiger partial charge in [-0.1, -0.05) is 6.92 Å². The number of fused-ring (bicyclic) bond motifs is 2. The summed E-state index contributed by atoms with van der Waals surface area (Å²) in [6.45, 7) is 3.85. The van der Waals surface area contributed by atoms with Crippen LogP contribution < -0.4 is 9.47 Å². The van der Waals surface area contributed by atoms with Crippen LogP contribution in [0.5, 0.6) is 11.5 Å². The lowest BCUT2D eigenvalue weighted by atomic mass is 10.1. The molecule has 0 radical (unpaired) electrons. The van der Waals surface area contributed by atoms with E-state index in [-0.39, 0.29) is 19.1 Å². The monoisotopic (exact) mass is 303 g/mol. The summed E-state index contributed by atoms with van der Waals surface area (Å²) in [5, 5.41) is 9.88. The number of carboxylic acids is 1. The van der Waals surface area contributed by atoms with E-state index in [1.807, 2.05) is 6.92 Å². The Morgan fingerprint density at radius 1 is 1.27 bits per heavy atom. The average molecular weight is 303 g/mol. The van der Waals surface area contributed by atoms with Gasteiger partial charge in [0.1, 0.15) is 0 Å². The van der Waals surface area contributed by atoms with E-state index in [0.29, 0.717) is 34.7 Å². The molecular weight excluding hydrogens is 286 g/mol. The third kappa shape index (κ3) is 2.20. The Morgan fingerprint density at radius 3 is 2.59 bits per heavy atom. The Bertz CT molecular complexity index is 775. The molecule has 0 unspecified atom stereocenters. The molecule has 1 aliphatic rings. The zero-order chi connectivity index (χ0) is 15.9. The van der Waals surface area contributed by atoms with E-state index in [2.05, 4.69) is 0 Å². The fourth-order valence-corrected chi connectivity index (χ4v) is 2.89. The van der Waals surface area contributed by atoms with Crippen molar-refractivity contribution < 1.29 is 24.2 Å². The lowest BCUT2D eigenvalue weighted by Crippen LogP contribution is -2.12. The van der Waals surface area contributed by atoms with Crippen LogP contribution in [0.1, 0.15) is 35.8 Å². The van der Waals surface area contributed by atoms with Gasteiger partial charge in [0.15, 0.2) is 11.5 Å². The molecule has 116 valence electrons. The molecule has 0 fully saturated rings. The Hall–Kier alpha value is -2.50. The van der Waals surface area contributed by atoms with Crippen LogP contribution in [0.2, 0.25) is 0 Å². The number of rotatable bonds is 4. The number of carboxylic acid groups (broad SMARTS) is 1. The highest BCUT2D eigenvalue weighted by atomic mass is 16.7. The lowest BCUT2D eigenvalue weighted by Gasteiger charge is -2.06. The lowest BCUT2D eigenvalue weighted by molar-refractivity contribution is -0.136. The first-order valence-corrected chi connectivity index (χ1v) is 7.21. The molecule has 1 N–H and O–H groups in total. The molecule has 0 atom stereocenters. The highest BCUT2D eigenvalue weighted by Crippen LogP contribution is 2.39. The summed E-state index contributed by atoms with van der Waals surface area (Å²) in [4.78, 5) is 23.6. The third-order valence-electron chi connectivity index (χ3n) is 3.87. The van der Waals surface area contributed by atoms with E-state index in [4.69, 9.17) is 14.6 Å². The number of hydrogen-bond acceptors (Lipinski definition) is 4. The van der Waals surface area contributed by atoms with E-state index < -0.39 is 5.97 Å². The minimum atomic E-state index is -0.928. The first kappa shape index (κ1) is 14.4. The maximum atomic E-state index is 12.4. The van der Waals surface area contributed by atoms with Crippen molar-refractivity contribution in [3.8, 4) is 11.5 Å². The second kappa shape index (κ2) is 5.36. The van der Waals surface area contributed by atoms with Gasteiger partial charge < -0.3 is 14.6 Å². The first-order valence-electron chi connectivity index (χ1n) is 7.21. The SMILES string of the molecule is CCCC(=O)n1c(C)c(CC(=O)O)c2cc3c(cc21)OCO3. The van der Waals surface area contributed by atoms with E-state index >= 15 is 0 Å². The molecular formula is C16H17NO5. The van der Waals surface area contributed by atoms with Gasteiger partial charge in [0.25, 0.3) is 0 Å². The zero-order valence-corrected chi connectivity index (χ0v) is 12.5. The van der Waals surface area contributed by atoms with E-state index in [9.17, 15) is 9.59 Å². The zero-order valence-electron chi connectivity index (χ0n) is 12.5. The van der Waals surface area contributed by atoms with Crippen LogP contribution in [0, 0.1) is 6.92 Å². The van der Waals surface area contributed by atoms with Gasteiger partial charge in [-0.3, -0.25) is 14.2 Å². The number of benzene rings is 1. The third-order valence-corrected chi connectivity index (χ3v) is 3.87. The predicted octanol–water partition coefficient (Wildman–Crippen LogP) is 2.75. The maximum Gasteiger partial charge on any atom is 0.307 e. The number of aliphatic carboxylic acids is 1. The van der Waals surface area contributed by atoms with Gasteiger partial charge in [0.05, 0.1) is 11.9 Å². The van der Waals surface area contributed by atoms with Crippen molar-refractivity contribution >= 4 is 22.8 Å². The van der Waals surface area contributed by atoms with Crippen molar-refractivity contribution in [2.75, 3.05) is 6.79 Å². The molecule has 2 aromatic rings. The summed E-state index contributed by atoms with van der Waals surface area (Å²) >= 11 is 0. The quantitative estimate of drug-likeness (QED) is 0.939. The highest BCUT2D eigenvalue weighted by molar-refractivity contribution is 5.99. The molecule has 0 amide bonds. The molecule has 2 heterocycles. The average Bonchev–Trinajstić information content (AvgIpc) is 3.00. The number of ether oxygens (including phenoxy) is 2. The van der Waals surface area contributed by atoms with Crippen molar-refractivity contribution in [1.29, 1.82) is 0 Å². The van der Waals surface area contributed by atoms with Crippen LogP contribution in [0.15, 0.2) is 12.1 Å². The van der Waals surface area contributed by atoms with E-state index in [1.165, 1.54) is 0 Å². The first-order chi connectivity index (χ1) is 10.5. The fraction of sp³-hybridized carbons (Fsp3) is 0.375.